The van der Waals surface area contributed by atoms with E-state index < -0.39 is 6.61 Å². The number of halogens is 3. The summed E-state index contributed by atoms with van der Waals surface area (Å²) >= 11 is 5.77. The van der Waals surface area contributed by atoms with Gasteiger partial charge in [0.05, 0.1) is 11.6 Å². The molecule has 104 valence electrons. The number of benzene rings is 1. The fraction of sp³-hybridized carbons (Fsp3) is 0.417. The van der Waals surface area contributed by atoms with Crippen LogP contribution in [0.25, 0.3) is 0 Å². The third kappa shape index (κ3) is 4.65. The Hall–Kier alpha value is -1.40. The number of hydrogen-bond donors (Lipinski definition) is 2. The molecule has 1 aliphatic rings. The average molecular weight is 291 g/mol. The Morgan fingerprint density at radius 1 is 1.47 bits per heavy atom. The molecule has 1 fully saturated rings. The topological polar surface area (TPSA) is 50.4 Å². The molecular formula is C12H13ClF2N2O2. The monoisotopic (exact) mass is 290 g/mol. The highest BCUT2D eigenvalue weighted by Gasteiger charge is 2.21. The van der Waals surface area contributed by atoms with Crippen LogP contribution in [0.15, 0.2) is 18.2 Å². The minimum absolute atomic E-state index is 0.0215. The van der Waals surface area contributed by atoms with Crippen LogP contribution in [0.2, 0.25) is 5.02 Å². The molecule has 0 saturated heterocycles. The predicted octanol–water partition coefficient (Wildman–Crippen LogP) is 2.63. The Morgan fingerprint density at radius 3 is 2.79 bits per heavy atom. The van der Waals surface area contributed by atoms with Crippen LogP contribution in [0, 0.1) is 0 Å². The van der Waals surface area contributed by atoms with E-state index in [0.29, 0.717) is 11.7 Å². The van der Waals surface area contributed by atoms with Crippen molar-refractivity contribution in [3.05, 3.63) is 23.2 Å². The second kappa shape index (κ2) is 6.16. The number of anilines is 1. The fourth-order valence-electron chi connectivity index (χ4n) is 1.50. The van der Waals surface area contributed by atoms with Crippen LogP contribution in [0.1, 0.15) is 12.8 Å². The molecule has 2 rings (SSSR count). The fourth-order valence-corrected chi connectivity index (χ4v) is 1.72. The number of amides is 1. The summed E-state index contributed by atoms with van der Waals surface area (Å²) in [5.41, 5.74) is 0.439. The zero-order valence-corrected chi connectivity index (χ0v) is 10.7. The predicted molar refractivity (Wildman–Crippen MR) is 67.7 cm³/mol. The van der Waals surface area contributed by atoms with Crippen LogP contribution in [-0.4, -0.2) is 25.1 Å². The van der Waals surface area contributed by atoms with Crippen molar-refractivity contribution in [1.29, 1.82) is 0 Å². The van der Waals surface area contributed by atoms with Gasteiger partial charge in [-0.25, -0.2) is 0 Å². The van der Waals surface area contributed by atoms with Gasteiger partial charge in [0.15, 0.2) is 0 Å². The van der Waals surface area contributed by atoms with Gasteiger partial charge in [-0.15, -0.1) is 0 Å². The molecule has 1 aliphatic carbocycles. The van der Waals surface area contributed by atoms with Gasteiger partial charge in [0, 0.05) is 11.7 Å². The Morgan fingerprint density at radius 2 is 2.21 bits per heavy atom. The van der Waals surface area contributed by atoms with Crippen molar-refractivity contribution in [2.24, 2.45) is 0 Å². The second-order valence-corrected chi connectivity index (χ2v) is 4.63. The number of nitrogens with one attached hydrogen (secondary N) is 2. The number of ether oxygens (including phenoxy) is 1. The number of carbonyl (C=O) groups excluding carboxylic acids is 1. The van der Waals surface area contributed by atoms with Crippen molar-refractivity contribution >= 4 is 23.2 Å². The number of alkyl halides is 2. The highest BCUT2D eigenvalue weighted by Crippen LogP contribution is 2.28. The van der Waals surface area contributed by atoms with Gasteiger partial charge in [-0.3, -0.25) is 4.79 Å². The molecule has 7 heteroatoms. The van der Waals surface area contributed by atoms with Gasteiger partial charge < -0.3 is 15.4 Å². The quantitative estimate of drug-likeness (QED) is 0.847. The first-order valence-electron chi connectivity index (χ1n) is 5.82. The Kier molecular flexibility index (Phi) is 4.55. The first-order chi connectivity index (χ1) is 9.04. The molecule has 1 aromatic rings. The summed E-state index contributed by atoms with van der Waals surface area (Å²) in [5, 5.41) is 5.70. The maximum Gasteiger partial charge on any atom is 0.387 e. The lowest BCUT2D eigenvalue weighted by Crippen LogP contribution is -2.29. The lowest BCUT2D eigenvalue weighted by molar-refractivity contribution is -0.115. The zero-order chi connectivity index (χ0) is 13.8. The molecule has 1 amide bonds. The summed E-state index contributed by atoms with van der Waals surface area (Å²) in [6, 6.07) is 4.56. The minimum atomic E-state index is -2.93. The highest BCUT2D eigenvalue weighted by atomic mass is 35.5. The Labute approximate surface area is 114 Å². The lowest BCUT2D eigenvalue weighted by Gasteiger charge is -2.09. The molecule has 1 aromatic carbocycles. The summed E-state index contributed by atoms with van der Waals surface area (Å²) in [6.45, 7) is -2.71. The molecule has 0 aromatic heterocycles. The van der Waals surface area contributed by atoms with Crippen molar-refractivity contribution in [2.45, 2.75) is 25.5 Å². The second-order valence-electron chi connectivity index (χ2n) is 4.23. The highest BCUT2D eigenvalue weighted by molar-refractivity contribution is 6.32. The van der Waals surface area contributed by atoms with E-state index in [0.717, 1.165) is 12.8 Å². The van der Waals surface area contributed by atoms with Crippen molar-refractivity contribution in [1.82, 2.24) is 5.32 Å². The van der Waals surface area contributed by atoms with Crippen LogP contribution in [0.4, 0.5) is 14.5 Å². The van der Waals surface area contributed by atoms with Gasteiger partial charge in [-0.05, 0) is 31.0 Å². The molecule has 2 N–H and O–H groups in total. The molecule has 1 saturated carbocycles. The molecule has 0 radical (unpaired) electrons. The maximum absolute atomic E-state index is 12.0. The van der Waals surface area contributed by atoms with E-state index in [1.54, 1.807) is 0 Å². The first-order valence-corrected chi connectivity index (χ1v) is 6.20. The Balaban J connectivity index is 1.89. The van der Waals surface area contributed by atoms with Gasteiger partial charge in [0.1, 0.15) is 5.75 Å². The van der Waals surface area contributed by atoms with E-state index in [9.17, 15) is 13.6 Å². The Bertz CT molecular complexity index is 467. The SMILES string of the molecule is O=C(CNC1CC1)Nc1ccc(OC(F)F)c(Cl)c1. The summed E-state index contributed by atoms with van der Waals surface area (Å²) < 4.78 is 28.3. The average Bonchev–Trinajstić information content (AvgIpc) is 3.13. The standard InChI is InChI=1S/C12H13ClF2N2O2/c13-9-5-8(3-4-10(9)19-12(14)15)17-11(18)6-16-7-1-2-7/h3-5,7,12,16H,1-2,6H2,(H,17,18). The zero-order valence-electron chi connectivity index (χ0n) is 9.96. The molecule has 0 unspecified atom stereocenters. The maximum atomic E-state index is 12.0. The van der Waals surface area contributed by atoms with E-state index in [-0.39, 0.29) is 23.2 Å². The van der Waals surface area contributed by atoms with E-state index in [4.69, 9.17) is 11.6 Å². The van der Waals surface area contributed by atoms with Crippen molar-refractivity contribution in [3.8, 4) is 5.75 Å². The molecule has 0 heterocycles. The van der Waals surface area contributed by atoms with Crippen molar-refractivity contribution in [3.63, 3.8) is 0 Å². The number of carbonyl (C=O) groups is 1. The van der Waals surface area contributed by atoms with Crippen LogP contribution < -0.4 is 15.4 Å². The first kappa shape index (κ1) is 14.0. The van der Waals surface area contributed by atoms with Gasteiger partial charge in [0.25, 0.3) is 0 Å². The van der Waals surface area contributed by atoms with E-state index in [1.807, 2.05) is 0 Å². The van der Waals surface area contributed by atoms with Crippen molar-refractivity contribution in [2.75, 3.05) is 11.9 Å². The van der Waals surface area contributed by atoms with Crippen LogP contribution in [0.3, 0.4) is 0 Å². The van der Waals surface area contributed by atoms with Gasteiger partial charge in [0.2, 0.25) is 5.91 Å². The molecule has 4 nitrogen and oxygen atoms in total. The summed E-state index contributed by atoms with van der Waals surface area (Å²) in [7, 11) is 0. The number of rotatable bonds is 6. The van der Waals surface area contributed by atoms with Crippen LogP contribution in [-0.2, 0) is 4.79 Å². The molecule has 0 bridgehead atoms. The lowest BCUT2D eigenvalue weighted by atomic mass is 10.3. The van der Waals surface area contributed by atoms with Crippen LogP contribution in [0.5, 0.6) is 5.75 Å². The van der Waals surface area contributed by atoms with E-state index in [1.165, 1.54) is 18.2 Å². The van der Waals surface area contributed by atoms with Gasteiger partial charge in [-0.1, -0.05) is 11.6 Å². The summed E-state index contributed by atoms with van der Waals surface area (Å²) in [6.07, 6.45) is 2.19. The van der Waals surface area contributed by atoms with Crippen molar-refractivity contribution < 1.29 is 18.3 Å². The molecule has 0 spiro atoms. The molecule has 0 aliphatic heterocycles. The third-order valence-corrected chi connectivity index (χ3v) is 2.86. The van der Waals surface area contributed by atoms with Gasteiger partial charge >= 0.3 is 6.61 Å². The summed E-state index contributed by atoms with van der Waals surface area (Å²) in [5.74, 6) is -0.323. The van der Waals surface area contributed by atoms with E-state index in [2.05, 4.69) is 15.4 Å². The largest absolute Gasteiger partial charge is 0.433 e. The normalized spacial score (nSPS) is 14.5. The molecule has 19 heavy (non-hydrogen) atoms. The van der Waals surface area contributed by atoms with E-state index >= 15 is 0 Å². The number of hydrogen-bond acceptors (Lipinski definition) is 3. The molecule has 0 atom stereocenters. The minimum Gasteiger partial charge on any atom is -0.433 e. The third-order valence-electron chi connectivity index (χ3n) is 2.56. The van der Waals surface area contributed by atoms with Crippen LogP contribution >= 0.6 is 11.6 Å². The van der Waals surface area contributed by atoms with Gasteiger partial charge in [-0.2, -0.15) is 8.78 Å². The summed E-state index contributed by atoms with van der Waals surface area (Å²) in [4.78, 5) is 11.6. The smallest absolute Gasteiger partial charge is 0.387 e. The molecular weight excluding hydrogens is 278 g/mol.